The number of carbonyl (C=O) groups excluding carboxylic acids is 1. The van der Waals surface area contributed by atoms with E-state index in [4.69, 9.17) is 0 Å². The van der Waals surface area contributed by atoms with Gasteiger partial charge >= 0.3 is 0 Å². The summed E-state index contributed by atoms with van der Waals surface area (Å²) in [5.41, 5.74) is 0. The zero-order valence-corrected chi connectivity index (χ0v) is 51.2. The van der Waals surface area contributed by atoms with Gasteiger partial charge in [-0.25, -0.2) is 0 Å². The van der Waals surface area contributed by atoms with E-state index < -0.39 is 18.2 Å². The van der Waals surface area contributed by atoms with Crippen molar-refractivity contribution in [3.05, 3.63) is 24.3 Å². The SMILES string of the molecule is CCCCCCCCCCCCCCCCCCCC/C=C\CCCCCCCCCCCCCCCCCC(O)CC(=O)NC(CO)C(O)/C=C/CCCCCCCCCCCCCCCCCCCCCCC. The van der Waals surface area contributed by atoms with Gasteiger partial charge in [0.05, 0.1) is 31.3 Å². The highest BCUT2D eigenvalue weighted by atomic mass is 16.3. The van der Waals surface area contributed by atoms with Gasteiger partial charge in [0, 0.05) is 0 Å². The predicted octanol–water partition coefficient (Wildman–Crippen LogP) is 22.4. The van der Waals surface area contributed by atoms with E-state index in [-0.39, 0.29) is 18.9 Å². The van der Waals surface area contributed by atoms with E-state index in [9.17, 15) is 20.1 Å². The number of amides is 1. The minimum atomic E-state index is -0.929. The second-order valence-electron chi connectivity index (χ2n) is 24.1. The van der Waals surface area contributed by atoms with E-state index in [1.807, 2.05) is 6.08 Å². The molecule has 75 heavy (non-hydrogen) atoms. The van der Waals surface area contributed by atoms with Crippen LogP contribution in [0.5, 0.6) is 0 Å². The molecule has 0 aromatic heterocycles. The van der Waals surface area contributed by atoms with Gasteiger partial charge in [0.2, 0.25) is 5.91 Å². The molecule has 0 saturated carbocycles. The van der Waals surface area contributed by atoms with Gasteiger partial charge in [-0.15, -0.1) is 0 Å². The van der Waals surface area contributed by atoms with Crippen LogP contribution in [0.2, 0.25) is 0 Å². The first-order chi connectivity index (χ1) is 37.0. The molecule has 3 atom stereocenters. The van der Waals surface area contributed by atoms with Gasteiger partial charge in [0.1, 0.15) is 0 Å². The maximum Gasteiger partial charge on any atom is 0.222 e. The van der Waals surface area contributed by atoms with Crippen molar-refractivity contribution in [2.24, 2.45) is 0 Å². The molecule has 5 heteroatoms. The molecule has 0 aromatic rings. The Morgan fingerprint density at radius 2 is 0.560 bits per heavy atom. The molecule has 1 amide bonds. The third-order valence-electron chi connectivity index (χ3n) is 16.5. The normalized spacial score (nSPS) is 13.2. The molecule has 0 aliphatic carbocycles. The number of allylic oxidation sites excluding steroid dienone is 3. The van der Waals surface area contributed by atoms with Crippen molar-refractivity contribution in [2.75, 3.05) is 6.61 Å². The van der Waals surface area contributed by atoms with Crippen LogP contribution in [0.1, 0.15) is 393 Å². The predicted molar refractivity (Wildman–Crippen MR) is 333 cm³/mol. The number of unbranched alkanes of at least 4 members (excludes halogenated alkanes) is 54. The average Bonchev–Trinajstić information content (AvgIpc) is 3.41. The summed E-state index contributed by atoms with van der Waals surface area (Å²) in [6.45, 7) is 4.27. The van der Waals surface area contributed by atoms with Gasteiger partial charge in [-0.3, -0.25) is 4.79 Å². The summed E-state index contributed by atoms with van der Waals surface area (Å²) in [6.07, 6.45) is 85.8. The molecule has 4 N–H and O–H groups in total. The standard InChI is InChI=1S/C70H137NO4/c1-3-5-7-9-11-13-15-17-19-21-23-25-27-28-29-30-31-32-33-34-35-36-37-38-39-40-42-43-45-47-49-51-53-55-57-59-61-63-67(73)65-70(75)71-68(66-72)69(74)64-62-60-58-56-54-52-50-48-46-44-41-26-24-22-20-18-16-14-12-10-8-6-4-2/h34-35,62,64,67-69,72-74H,3-33,36-61,63,65-66H2,1-2H3,(H,71,75)/b35-34-,64-62+. The topological polar surface area (TPSA) is 89.8 Å². The first-order valence-corrected chi connectivity index (χ1v) is 34.6. The third kappa shape index (κ3) is 61.9. The van der Waals surface area contributed by atoms with E-state index in [1.165, 1.54) is 340 Å². The molecule has 0 saturated heterocycles. The first kappa shape index (κ1) is 73.8. The molecule has 0 aliphatic rings. The lowest BCUT2D eigenvalue weighted by Crippen LogP contribution is -2.45. The van der Waals surface area contributed by atoms with Crippen molar-refractivity contribution in [1.82, 2.24) is 5.32 Å². The van der Waals surface area contributed by atoms with Gasteiger partial charge < -0.3 is 20.6 Å². The van der Waals surface area contributed by atoms with Crippen LogP contribution >= 0.6 is 0 Å². The monoisotopic (exact) mass is 1060 g/mol. The molecule has 0 bridgehead atoms. The van der Waals surface area contributed by atoms with Crippen LogP contribution in [0.15, 0.2) is 24.3 Å². The second-order valence-corrected chi connectivity index (χ2v) is 24.1. The zero-order valence-electron chi connectivity index (χ0n) is 51.2. The number of carbonyl (C=O) groups is 1. The maximum atomic E-state index is 12.6. The summed E-state index contributed by atoms with van der Waals surface area (Å²) in [5.74, 6) is -0.308. The molecule has 0 radical (unpaired) electrons. The zero-order chi connectivity index (χ0) is 54.3. The Labute approximate surface area is 471 Å². The van der Waals surface area contributed by atoms with Crippen LogP contribution < -0.4 is 5.32 Å². The molecule has 0 spiro atoms. The molecule has 446 valence electrons. The molecule has 0 aromatic carbocycles. The van der Waals surface area contributed by atoms with Crippen molar-refractivity contribution in [1.29, 1.82) is 0 Å². The molecule has 5 nitrogen and oxygen atoms in total. The Morgan fingerprint density at radius 1 is 0.333 bits per heavy atom. The molecule has 0 heterocycles. The minimum Gasteiger partial charge on any atom is -0.394 e. The van der Waals surface area contributed by atoms with E-state index in [2.05, 4.69) is 31.3 Å². The average molecular weight is 1060 g/mol. The lowest BCUT2D eigenvalue weighted by Gasteiger charge is -2.21. The van der Waals surface area contributed by atoms with E-state index >= 15 is 0 Å². The van der Waals surface area contributed by atoms with Crippen LogP contribution in [0, 0.1) is 0 Å². The maximum absolute atomic E-state index is 12.6. The van der Waals surface area contributed by atoms with Crippen LogP contribution in [0.3, 0.4) is 0 Å². The van der Waals surface area contributed by atoms with E-state index in [0.717, 1.165) is 25.7 Å². The number of aliphatic hydroxyl groups excluding tert-OH is 3. The van der Waals surface area contributed by atoms with Gasteiger partial charge in [-0.1, -0.05) is 366 Å². The molecule has 0 aliphatic heterocycles. The summed E-state index contributed by atoms with van der Waals surface area (Å²) in [5, 5.41) is 33.6. The van der Waals surface area contributed by atoms with Crippen molar-refractivity contribution in [3.63, 3.8) is 0 Å². The molecule has 0 fully saturated rings. The highest BCUT2D eigenvalue weighted by Gasteiger charge is 2.20. The lowest BCUT2D eigenvalue weighted by molar-refractivity contribution is -0.124. The van der Waals surface area contributed by atoms with Crippen LogP contribution in [-0.4, -0.2) is 46.1 Å². The number of aliphatic hydroxyl groups is 3. The van der Waals surface area contributed by atoms with E-state index in [0.29, 0.717) is 6.42 Å². The second kappa shape index (κ2) is 65.3. The van der Waals surface area contributed by atoms with Gasteiger partial charge in [0.25, 0.3) is 0 Å². The summed E-state index contributed by atoms with van der Waals surface area (Å²) in [7, 11) is 0. The minimum absolute atomic E-state index is 0.0175. The van der Waals surface area contributed by atoms with Crippen molar-refractivity contribution in [2.45, 2.75) is 411 Å². The highest BCUT2D eigenvalue weighted by Crippen LogP contribution is 2.19. The Morgan fingerprint density at radius 3 is 0.813 bits per heavy atom. The Kier molecular flexibility index (Phi) is 64.3. The van der Waals surface area contributed by atoms with Crippen LogP contribution in [0.25, 0.3) is 0 Å². The van der Waals surface area contributed by atoms with Gasteiger partial charge in [-0.2, -0.15) is 0 Å². The van der Waals surface area contributed by atoms with Crippen molar-refractivity contribution >= 4 is 5.91 Å². The quantitative estimate of drug-likeness (QED) is 0.0361. The van der Waals surface area contributed by atoms with Crippen molar-refractivity contribution in [3.8, 4) is 0 Å². The van der Waals surface area contributed by atoms with Crippen LogP contribution in [0.4, 0.5) is 0 Å². The third-order valence-corrected chi connectivity index (χ3v) is 16.5. The largest absolute Gasteiger partial charge is 0.394 e. The number of rotatable bonds is 65. The Hall–Kier alpha value is -1.17. The molecule has 3 unspecified atom stereocenters. The molecular formula is C70H137NO4. The first-order valence-electron chi connectivity index (χ1n) is 34.6. The summed E-state index contributed by atoms with van der Waals surface area (Å²) >= 11 is 0. The van der Waals surface area contributed by atoms with Crippen LogP contribution in [-0.2, 0) is 4.79 Å². The smallest absolute Gasteiger partial charge is 0.222 e. The number of hydrogen-bond acceptors (Lipinski definition) is 4. The lowest BCUT2D eigenvalue weighted by atomic mass is 10.0. The Bertz CT molecular complexity index is 1120. The Balaban J connectivity index is 3.47. The van der Waals surface area contributed by atoms with Gasteiger partial charge in [-0.05, 0) is 44.9 Å². The number of nitrogens with one attached hydrogen (secondary N) is 1. The fourth-order valence-corrected chi connectivity index (χ4v) is 11.2. The summed E-state index contributed by atoms with van der Waals surface area (Å²) < 4.78 is 0. The van der Waals surface area contributed by atoms with Gasteiger partial charge in [0.15, 0.2) is 0 Å². The summed E-state index contributed by atoms with van der Waals surface area (Å²) in [4.78, 5) is 12.6. The van der Waals surface area contributed by atoms with E-state index in [1.54, 1.807) is 6.08 Å². The summed E-state index contributed by atoms with van der Waals surface area (Å²) in [6, 6.07) is -0.744. The fourth-order valence-electron chi connectivity index (χ4n) is 11.2. The molecular weight excluding hydrogens is 919 g/mol. The van der Waals surface area contributed by atoms with Crippen molar-refractivity contribution < 1.29 is 20.1 Å². The highest BCUT2D eigenvalue weighted by molar-refractivity contribution is 5.76. The number of hydrogen-bond donors (Lipinski definition) is 4. The molecule has 0 rings (SSSR count). The fraction of sp³-hybridized carbons (Fsp3) is 0.929.